The molecule has 0 radical (unpaired) electrons. The minimum Gasteiger partial charge on any atom is -0.455 e. The van der Waals surface area contributed by atoms with Crippen LogP contribution in [0, 0.1) is 0 Å². The van der Waals surface area contributed by atoms with Crippen LogP contribution in [-0.2, 0) is 0 Å². The summed E-state index contributed by atoms with van der Waals surface area (Å²) in [6.45, 7) is 0. The first kappa shape index (κ1) is 33.9. The lowest BCUT2D eigenvalue weighted by molar-refractivity contribution is 0.668. The average Bonchev–Trinajstić information content (AvgIpc) is 3.91. The number of benzene rings is 8. The summed E-state index contributed by atoms with van der Waals surface area (Å²) in [5.41, 5.74) is 14.5. The fraction of sp³-hybridized carbons (Fsp3) is 0. The van der Waals surface area contributed by atoms with Gasteiger partial charge in [0.15, 0.2) is 11.4 Å². The van der Waals surface area contributed by atoms with Gasteiger partial charge in [-0.2, -0.15) is 0 Å². The van der Waals surface area contributed by atoms with Crippen molar-refractivity contribution in [2.24, 2.45) is 0 Å². The minimum absolute atomic E-state index is 0.644. The Labute approximate surface area is 344 Å². The Bertz CT molecular complexity index is 3590. The number of hydrogen-bond acceptors (Lipinski definition) is 5. The molecule has 0 saturated heterocycles. The van der Waals surface area contributed by atoms with Gasteiger partial charge in [-0.15, -0.1) is 0 Å². The van der Waals surface area contributed by atoms with Gasteiger partial charge in [0, 0.05) is 54.7 Å². The first-order chi connectivity index (χ1) is 29.7. The molecule has 0 bridgehead atoms. The number of fused-ring (bicyclic) bond motifs is 8. The third kappa shape index (κ3) is 5.67. The fourth-order valence-electron chi connectivity index (χ4n) is 8.59. The highest BCUT2D eigenvalue weighted by atomic mass is 16.3. The standard InChI is InChI=1S/C55H33N3O2/c1-3-14-34(15-4-1)35-26-28-36(29-27-35)47-33-48(58-55(57-47)37-16-5-2-6-17-37)39-30-38(41-21-13-22-43-42-18-8-11-24-49(42)59-53(41)43)31-40(32-39)52-54-51(44-19-7-10-23-46(44)56-52)45-20-9-12-25-50(45)60-54/h1-33H. The van der Waals surface area contributed by atoms with E-state index in [0.717, 1.165) is 111 Å². The van der Waals surface area contributed by atoms with E-state index in [9.17, 15) is 0 Å². The molecule has 280 valence electrons. The maximum atomic E-state index is 6.74. The summed E-state index contributed by atoms with van der Waals surface area (Å²) in [7, 11) is 0. The van der Waals surface area contributed by atoms with Gasteiger partial charge in [-0.25, -0.2) is 15.0 Å². The van der Waals surface area contributed by atoms with Gasteiger partial charge in [0.1, 0.15) is 22.4 Å². The highest BCUT2D eigenvalue weighted by molar-refractivity contribution is 6.21. The van der Waals surface area contributed by atoms with Crippen LogP contribution in [0.25, 0.3) is 122 Å². The molecular formula is C55H33N3O2. The van der Waals surface area contributed by atoms with Gasteiger partial charge in [0.2, 0.25) is 0 Å². The number of rotatable bonds is 6. The van der Waals surface area contributed by atoms with E-state index in [1.54, 1.807) is 0 Å². The Morgan fingerprint density at radius 1 is 0.317 bits per heavy atom. The maximum Gasteiger partial charge on any atom is 0.162 e. The van der Waals surface area contributed by atoms with Gasteiger partial charge < -0.3 is 8.83 Å². The Hall–Kier alpha value is -8.15. The van der Waals surface area contributed by atoms with Crippen LogP contribution in [0.3, 0.4) is 0 Å². The molecule has 5 nitrogen and oxygen atoms in total. The van der Waals surface area contributed by atoms with Crippen molar-refractivity contribution in [2.75, 3.05) is 0 Å². The van der Waals surface area contributed by atoms with Crippen molar-refractivity contribution < 1.29 is 8.83 Å². The normalized spacial score (nSPS) is 11.7. The predicted molar refractivity (Wildman–Crippen MR) is 245 cm³/mol. The van der Waals surface area contributed by atoms with E-state index in [1.165, 1.54) is 5.56 Å². The topological polar surface area (TPSA) is 65.0 Å². The maximum absolute atomic E-state index is 6.74. The van der Waals surface area contributed by atoms with Crippen LogP contribution in [0.4, 0.5) is 0 Å². The van der Waals surface area contributed by atoms with E-state index in [-0.39, 0.29) is 0 Å². The van der Waals surface area contributed by atoms with E-state index in [1.807, 2.05) is 54.6 Å². The number of nitrogens with zero attached hydrogens (tertiary/aromatic N) is 3. The third-order valence-electron chi connectivity index (χ3n) is 11.5. The summed E-state index contributed by atoms with van der Waals surface area (Å²) in [6, 6.07) is 69.0. The second-order valence-corrected chi connectivity index (χ2v) is 15.1. The number of furan rings is 2. The van der Waals surface area contributed by atoms with Gasteiger partial charge in [0.25, 0.3) is 0 Å². The molecule has 12 aromatic rings. The van der Waals surface area contributed by atoms with Crippen molar-refractivity contribution in [3.63, 3.8) is 0 Å². The van der Waals surface area contributed by atoms with Crippen LogP contribution < -0.4 is 0 Å². The molecule has 5 heteroatoms. The Morgan fingerprint density at radius 3 is 1.65 bits per heavy atom. The van der Waals surface area contributed by atoms with E-state index >= 15 is 0 Å². The number of para-hydroxylation sites is 4. The second kappa shape index (κ2) is 13.8. The lowest BCUT2D eigenvalue weighted by Crippen LogP contribution is -1.97. The lowest BCUT2D eigenvalue weighted by atomic mass is 9.94. The first-order valence-electron chi connectivity index (χ1n) is 20.1. The minimum atomic E-state index is 0.644. The zero-order valence-corrected chi connectivity index (χ0v) is 32.2. The largest absolute Gasteiger partial charge is 0.455 e. The van der Waals surface area contributed by atoms with Crippen molar-refractivity contribution in [1.82, 2.24) is 15.0 Å². The number of aromatic nitrogens is 3. The molecule has 60 heavy (non-hydrogen) atoms. The summed E-state index contributed by atoms with van der Waals surface area (Å²) in [5.74, 6) is 0.644. The quantitative estimate of drug-likeness (QED) is 0.169. The molecule has 0 N–H and O–H groups in total. The molecule has 0 unspecified atom stereocenters. The number of pyridine rings is 1. The first-order valence-corrected chi connectivity index (χ1v) is 20.1. The average molecular weight is 768 g/mol. The van der Waals surface area contributed by atoms with Gasteiger partial charge in [-0.1, -0.05) is 158 Å². The van der Waals surface area contributed by atoms with Crippen LogP contribution >= 0.6 is 0 Å². The van der Waals surface area contributed by atoms with E-state index in [4.69, 9.17) is 23.8 Å². The van der Waals surface area contributed by atoms with Crippen LogP contribution in [-0.4, -0.2) is 15.0 Å². The summed E-state index contributed by atoms with van der Waals surface area (Å²) in [5, 5.41) is 5.30. The SMILES string of the molecule is c1ccc(-c2ccc(-c3cc(-c4cc(-c5cccc6c5oc5ccccc56)cc(-c5nc6ccccc6c6c5oc5ccccc56)c4)nc(-c4ccccc4)n3)cc2)cc1. The Kier molecular flexibility index (Phi) is 7.78. The van der Waals surface area contributed by atoms with Crippen LogP contribution in [0.2, 0.25) is 0 Å². The summed E-state index contributed by atoms with van der Waals surface area (Å²) >= 11 is 0. The van der Waals surface area contributed by atoms with Gasteiger partial charge in [0.05, 0.1) is 16.9 Å². The van der Waals surface area contributed by atoms with Crippen LogP contribution in [0.1, 0.15) is 0 Å². The molecular weight excluding hydrogens is 735 g/mol. The van der Waals surface area contributed by atoms with Crippen molar-refractivity contribution >= 4 is 54.8 Å². The van der Waals surface area contributed by atoms with Crippen molar-refractivity contribution in [1.29, 1.82) is 0 Å². The van der Waals surface area contributed by atoms with Crippen molar-refractivity contribution in [3.05, 3.63) is 200 Å². The second-order valence-electron chi connectivity index (χ2n) is 15.1. The van der Waals surface area contributed by atoms with Gasteiger partial charge in [-0.05, 0) is 59.2 Å². The smallest absolute Gasteiger partial charge is 0.162 e. The molecule has 4 heterocycles. The zero-order valence-electron chi connectivity index (χ0n) is 32.2. The summed E-state index contributed by atoms with van der Waals surface area (Å²) < 4.78 is 13.4. The molecule has 0 fully saturated rings. The zero-order chi connectivity index (χ0) is 39.6. The monoisotopic (exact) mass is 767 g/mol. The lowest BCUT2D eigenvalue weighted by Gasteiger charge is -2.14. The summed E-state index contributed by atoms with van der Waals surface area (Å²) in [4.78, 5) is 15.8. The van der Waals surface area contributed by atoms with Crippen LogP contribution in [0.15, 0.2) is 209 Å². The predicted octanol–water partition coefficient (Wildman–Crippen LogP) is 14.8. The molecule has 8 aromatic carbocycles. The number of hydrogen-bond donors (Lipinski definition) is 0. The fourth-order valence-corrected chi connectivity index (χ4v) is 8.59. The molecule has 0 spiro atoms. The summed E-state index contributed by atoms with van der Waals surface area (Å²) in [6.07, 6.45) is 0. The third-order valence-corrected chi connectivity index (χ3v) is 11.5. The molecule has 4 aromatic heterocycles. The molecule has 0 aliphatic rings. The van der Waals surface area contributed by atoms with Crippen molar-refractivity contribution in [2.45, 2.75) is 0 Å². The molecule has 0 amide bonds. The molecule has 12 rings (SSSR count). The van der Waals surface area contributed by atoms with E-state index in [0.29, 0.717) is 5.82 Å². The Balaban J connectivity index is 1.13. The highest BCUT2D eigenvalue weighted by Crippen LogP contribution is 2.43. The highest BCUT2D eigenvalue weighted by Gasteiger charge is 2.21. The molecule has 0 aliphatic heterocycles. The van der Waals surface area contributed by atoms with Crippen molar-refractivity contribution in [3.8, 4) is 67.4 Å². The molecule has 0 aliphatic carbocycles. The van der Waals surface area contributed by atoms with Crippen LogP contribution in [0.5, 0.6) is 0 Å². The molecule has 0 atom stereocenters. The van der Waals surface area contributed by atoms with E-state index in [2.05, 4.69) is 146 Å². The Morgan fingerprint density at radius 2 is 0.867 bits per heavy atom. The van der Waals surface area contributed by atoms with Gasteiger partial charge >= 0.3 is 0 Å². The molecule has 0 saturated carbocycles. The van der Waals surface area contributed by atoms with E-state index < -0.39 is 0 Å². The van der Waals surface area contributed by atoms with Gasteiger partial charge in [-0.3, -0.25) is 0 Å².